The summed E-state index contributed by atoms with van der Waals surface area (Å²) in [5.74, 6) is -0.164. The molecular formula is C15H20F3NO2. The normalized spacial score (nSPS) is 16.6. The zero-order valence-corrected chi connectivity index (χ0v) is 12.0. The smallest absolute Gasteiger partial charge is 0.485 e. The molecular weight excluding hydrogens is 283 g/mol. The molecule has 1 unspecified atom stereocenters. The van der Waals surface area contributed by atoms with Crippen LogP contribution >= 0.6 is 0 Å². The van der Waals surface area contributed by atoms with Crippen LogP contribution in [0.1, 0.15) is 32.6 Å². The Morgan fingerprint density at radius 3 is 2.48 bits per heavy atom. The molecule has 0 heterocycles. The molecule has 0 spiro atoms. The van der Waals surface area contributed by atoms with E-state index in [1.165, 1.54) is 18.2 Å². The van der Waals surface area contributed by atoms with Gasteiger partial charge in [-0.2, -0.15) is 0 Å². The van der Waals surface area contributed by atoms with Gasteiger partial charge in [0.25, 0.3) is 0 Å². The van der Waals surface area contributed by atoms with Gasteiger partial charge in [-0.05, 0) is 31.4 Å². The van der Waals surface area contributed by atoms with Crippen molar-refractivity contribution < 1.29 is 22.6 Å². The summed E-state index contributed by atoms with van der Waals surface area (Å²) in [4.78, 5) is 0. The van der Waals surface area contributed by atoms with Gasteiger partial charge in [0.2, 0.25) is 0 Å². The van der Waals surface area contributed by atoms with Crippen LogP contribution in [0.5, 0.6) is 11.5 Å². The van der Waals surface area contributed by atoms with Crippen molar-refractivity contribution in [2.75, 3.05) is 6.54 Å². The lowest BCUT2D eigenvalue weighted by atomic mass is 10.2. The van der Waals surface area contributed by atoms with Gasteiger partial charge in [0.05, 0.1) is 0 Å². The summed E-state index contributed by atoms with van der Waals surface area (Å²) in [6, 6.07) is 6.43. The second kappa shape index (κ2) is 7.02. The molecule has 0 aromatic heterocycles. The number of hydrogen-bond acceptors (Lipinski definition) is 3. The standard InChI is InChI=1S/C15H20F3NO2/c1-2-5-12(10-19-11-8-9-11)20-13-6-3-4-7-14(13)21-15(16,17)18/h3-4,6-7,11-12,19H,2,5,8-10H2,1H3. The molecule has 118 valence electrons. The lowest BCUT2D eigenvalue weighted by molar-refractivity contribution is -0.275. The number of benzene rings is 1. The highest BCUT2D eigenvalue weighted by Gasteiger charge is 2.32. The van der Waals surface area contributed by atoms with Crippen molar-refractivity contribution in [3.63, 3.8) is 0 Å². The van der Waals surface area contributed by atoms with Crippen LogP contribution in [-0.4, -0.2) is 25.1 Å². The van der Waals surface area contributed by atoms with Gasteiger partial charge in [0.15, 0.2) is 11.5 Å². The summed E-state index contributed by atoms with van der Waals surface area (Å²) >= 11 is 0. The third-order valence-electron chi connectivity index (χ3n) is 3.19. The number of alkyl halides is 3. The van der Waals surface area contributed by atoms with E-state index >= 15 is 0 Å². The van der Waals surface area contributed by atoms with Crippen molar-refractivity contribution in [2.45, 2.75) is 51.1 Å². The van der Waals surface area contributed by atoms with Gasteiger partial charge in [0.1, 0.15) is 6.10 Å². The Kier molecular flexibility index (Phi) is 5.33. The topological polar surface area (TPSA) is 30.5 Å². The summed E-state index contributed by atoms with van der Waals surface area (Å²) < 4.78 is 46.9. The molecule has 1 aromatic rings. The maximum atomic E-state index is 12.4. The third-order valence-corrected chi connectivity index (χ3v) is 3.19. The lowest BCUT2D eigenvalue weighted by Crippen LogP contribution is -2.32. The molecule has 0 bridgehead atoms. The second-order valence-electron chi connectivity index (χ2n) is 5.21. The van der Waals surface area contributed by atoms with Gasteiger partial charge in [-0.1, -0.05) is 25.5 Å². The quantitative estimate of drug-likeness (QED) is 0.790. The molecule has 6 heteroatoms. The molecule has 1 atom stereocenters. The number of hydrogen-bond donors (Lipinski definition) is 1. The number of nitrogens with one attached hydrogen (secondary N) is 1. The highest BCUT2D eigenvalue weighted by Crippen LogP contribution is 2.32. The fraction of sp³-hybridized carbons (Fsp3) is 0.600. The highest BCUT2D eigenvalue weighted by molar-refractivity contribution is 5.39. The maximum Gasteiger partial charge on any atom is 0.573 e. The summed E-state index contributed by atoms with van der Waals surface area (Å²) in [7, 11) is 0. The zero-order chi connectivity index (χ0) is 15.3. The zero-order valence-electron chi connectivity index (χ0n) is 12.0. The predicted molar refractivity (Wildman–Crippen MR) is 73.5 cm³/mol. The SMILES string of the molecule is CCCC(CNC1CC1)Oc1ccccc1OC(F)(F)F. The molecule has 1 aliphatic rings. The molecule has 2 rings (SSSR count). The van der Waals surface area contributed by atoms with Crippen LogP contribution in [0.3, 0.4) is 0 Å². The van der Waals surface area contributed by atoms with Crippen LogP contribution in [0.2, 0.25) is 0 Å². The van der Waals surface area contributed by atoms with Crippen molar-refractivity contribution in [1.82, 2.24) is 5.32 Å². The minimum atomic E-state index is -4.72. The van der Waals surface area contributed by atoms with Crippen molar-refractivity contribution in [1.29, 1.82) is 0 Å². The van der Waals surface area contributed by atoms with E-state index in [2.05, 4.69) is 10.1 Å². The molecule has 3 nitrogen and oxygen atoms in total. The monoisotopic (exact) mass is 303 g/mol. The number of halogens is 3. The predicted octanol–water partition coefficient (Wildman–Crippen LogP) is 3.88. The summed E-state index contributed by atoms with van der Waals surface area (Å²) in [6.45, 7) is 2.66. The van der Waals surface area contributed by atoms with E-state index in [4.69, 9.17) is 4.74 Å². The summed E-state index contributed by atoms with van der Waals surface area (Å²) in [5, 5.41) is 3.34. The molecule has 1 fully saturated rings. The van der Waals surface area contributed by atoms with Crippen molar-refractivity contribution in [3.05, 3.63) is 24.3 Å². The molecule has 0 radical (unpaired) electrons. The van der Waals surface area contributed by atoms with Crippen LogP contribution in [0, 0.1) is 0 Å². The van der Waals surface area contributed by atoms with Gasteiger partial charge < -0.3 is 14.8 Å². The van der Waals surface area contributed by atoms with E-state index in [-0.39, 0.29) is 17.6 Å². The first-order chi connectivity index (χ1) is 9.98. The molecule has 1 saturated carbocycles. The summed E-state index contributed by atoms with van der Waals surface area (Å²) in [5.41, 5.74) is 0. The fourth-order valence-electron chi connectivity index (χ4n) is 2.05. The maximum absolute atomic E-state index is 12.4. The summed E-state index contributed by atoms with van der Waals surface area (Å²) in [6.07, 6.45) is -0.876. The molecule has 0 amide bonds. The largest absolute Gasteiger partial charge is 0.573 e. The minimum absolute atomic E-state index is 0.130. The Morgan fingerprint density at radius 1 is 1.24 bits per heavy atom. The van der Waals surface area contributed by atoms with Crippen LogP contribution in [0.4, 0.5) is 13.2 Å². The van der Waals surface area contributed by atoms with Gasteiger partial charge in [-0.3, -0.25) is 0 Å². The second-order valence-corrected chi connectivity index (χ2v) is 5.21. The van der Waals surface area contributed by atoms with E-state index in [1.54, 1.807) is 6.07 Å². The van der Waals surface area contributed by atoms with E-state index in [0.717, 1.165) is 25.7 Å². The Hall–Kier alpha value is -1.43. The third kappa shape index (κ3) is 5.83. The van der Waals surface area contributed by atoms with Crippen LogP contribution in [0.15, 0.2) is 24.3 Å². The molecule has 1 aliphatic carbocycles. The van der Waals surface area contributed by atoms with Crippen molar-refractivity contribution in [2.24, 2.45) is 0 Å². The Balaban J connectivity index is 2.00. The van der Waals surface area contributed by atoms with Gasteiger partial charge in [-0.25, -0.2) is 0 Å². The van der Waals surface area contributed by atoms with Crippen LogP contribution in [0.25, 0.3) is 0 Å². The van der Waals surface area contributed by atoms with Crippen LogP contribution in [-0.2, 0) is 0 Å². The average molecular weight is 303 g/mol. The first-order valence-electron chi connectivity index (χ1n) is 7.22. The Bertz CT molecular complexity index is 447. The van der Waals surface area contributed by atoms with Gasteiger partial charge in [0, 0.05) is 12.6 Å². The van der Waals surface area contributed by atoms with Gasteiger partial charge in [-0.15, -0.1) is 13.2 Å². The van der Waals surface area contributed by atoms with Crippen molar-refractivity contribution in [3.8, 4) is 11.5 Å². The minimum Gasteiger partial charge on any atom is -0.485 e. The Labute approximate surface area is 122 Å². The lowest BCUT2D eigenvalue weighted by Gasteiger charge is -2.21. The van der Waals surface area contributed by atoms with E-state index in [0.29, 0.717) is 12.6 Å². The average Bonchev–Trinajstić information content (AvgIpc) is 3.21. The molecule has 0 aliphatic heterocycles. The highest BCUT2D eigenvalue weighted by atomic mass is 19.4. The number of rotatable bonds is 8. The number of ether oxygens (including phenoxy) is 2. The first-order valence-corrected chi connectivity index (χ1v) is 7.22. The number of para-hydroxylation sites is 2. The molecule has 1 N–H and O–H groups in total. The van der Waals surface area contributed by atoms with Crippen LogP contribution < -0.4 is 14.8 Å². The first kappa shape index (κ1) is 15.9. The molecule has 0 saturated heterocycles. The van der Waals surface area contributed by atoms with Gasteiger partial charge >= 0.3 is 6.36 Å². The van der Waals surface area contributed by atoms with E-state index < -0.39 is 6.36 Å². The molecule has 21 heavy (non-hydrogen) atoms. The van der Waals surface area contributed by atoms with E-state index in [9.17, 15) is 13.2 Å². The van der Waals surface area contributed by atoms with Crippen molar-refractivity contribution >= 4 is 0 Å². The Morgan fingerprint density at radius 2 is 1.90 bits per heavy atom. The fourth-order valence-corrected chi connectivity index (χ4v) is 2.05. The van der Waals surface area contributed by atoms with E-state index in [1.807, 2.05) is 6.92 Å². The molecule has 1 aromatic carbocycles.